The van der Waals surface area contributed by atoms with Crippen LogP contribution in [0.4, 0.5) is 4.39 Å². The Morgan fingerprint density at radius 3 is 2.56 bits per heavy atom. The number of hydrogen-bond donors (Lipinski definition) is 0. The third kappa shape index (κ3) is 4.79. The molecule has 5 nitrogen and oxygen atoms in total. The third-order valence-corrected chi connectivity index (χ3v) is 3.82. The van der Waals surface area contributed by atoms with Gasteiger partial charge in [-0.15, -0.1) is 0 Å². The molecule has 0 fully saturated rings. The topological polar surface area (TPSA) is 61.8 Å². The fourth-order valence-electron chi connectivity index (χ4n) is 2.11. The van der Waals surface area contributed by atoms with Gasteiger partial charge in [-0.1, -0.05) is 12.1 Å². The molecule has 25 heavy (non-hydrogen) atoms. The number of rotatable bonds is 7. The summed E-state index contributed by atoms with van der Waals surface area (Å²) in [5.41, 5.74) is 0.335. The fraction of sp³-hybridized carbons (Fsp3) is 0.222. The van der Waals surface area contributed by atoms with Crippen LogP contribution in [0, 0.1) is 5.82 Å². The molecule has 0 aliphatic heterocycles. The maximum Gasteiger partial charge on any atom is 0.338 e. The van der Waals surface area contributed by atoms with E-state index in [1.54, 1.807) is 6.92 Å². The second-order valence-electron chi connectivity index (χ2n) is 4.93. The van der Waals surface area contributed by atoms with Gasteiger partial charge in [0.05, 0.1) is 23.8 Å². The van der Waals surface area contributed by atoms with Gasteiger partial charge >= 0.3 is 5.97 Å². The van der Waals surface area contributed by atoms with Gasteiger partial charge in [0, 0.05) is 5.56 Å². The van der Waals surface area contributed by atoms with Crippen molar-refractivity contribution in [2.75, 3.05) is 20.3 Å². The van der Waals surface area contributed by atoms with Crippen molar-refractivity contribution in [1.29, 1.82) is 0 Å². The molecule has 0 saturated heterocycles. The first-order valence-corrected chi connectivity index (χ1v) is 8.21. The fourth-order valence-corrected chi connectivity index (χ4v) is 2.71. The highest BCUT2D eigenvalue weighted by atomic mass is 79.9. The van der Waals surface area contributed by atoms with Gasteiger partial charge in [-0.3, -0.25) is 4.79 Å². The molecule has 0 radical (unpaired) electrons. The standard InChI is InChI=1S/C18H16BrFO5/c1-3-24-16-9-12(8-14(19)17(16)23-2)18(22)25-10-15(21)11-5-4-6-13(20)7-11/h4-9H,3,10H2,1-2H3. The molecule has 0 aromatic heterocycles. The minimum atomic E-state index is -0.700. The van der Waals surface area contributed by atoms with Crippen molar-refractivity contribution in [2.24, 2.45) is 0 Å². The molecule has 0 aliphatic rings. The Morgan fingerprint density at radius 1 is 1.16 bits per heavy atom. The molecule has 2 aromatic rings. The Kier molecular flexibility index (Phi) is 6.52. The molecular weight excluding hydrogens is 395 g/mol. The summed E-state index contributed by atoms with van der Waals surface area (Å²) in [6.07, 6.45) is 0. The molecule has 2 aromatic carbocycles. The Morgan fingerprint density at radius 2 is 1.92 bits per heavy atom. The lowest BCUT2D eigenvalue weighted by Gasteiger charge is -2.13. The number of ketones is 1. The van der Waals surface area contributed by atoms with E-state index in [4.69, 9.17) is 14.2 Å². The molecule has 0 amide bonds. The summed E-state index contributed by atoms with van der Waals surface area (Å²) in [6, 6.07) is 8.18. The van der Waals surface area contributed by atoms with Gasteiger partial charge in [0.2, 0.25) is 0 Å². The van der Waals surface area contributed by atoms with Crippen LogP contribution >= 0.6 is 15.9 Å². The lowest BCUT2D eigenvalue weighted by Crippen LogP contribution is -2.14. The molecule has 0 saturated carbocycles. The number of carbonyl (C=O) groups is 2. The number of Topliss-reactive ketones (excluding diaryl/α,β-unsaturated/α-hetero) is 1. The minimum absolute atomic E-state index is 0.138. The quantitative estimate of drug-likeness (QED) is 0.509. The first kappa shape index (κ1) is 18.9. The molecule has 7 heteroatoms. The van der Waals surface area contributed by atoms with E-state index in [1.165, 1.54) is 37.4 Å². The van der Waals surface area contributed by atoms with Crippen molar-refractivity contribution >= 4 is 27.7 Å². The van der Waals surface area contributed by atoms with Crippen molar-refractivity contribution < 1.29 is 28.2 Å². The predicted octanol–water partition coefficient (Wildman–Crippen LogP) is 4.04. The van der Waals surface area contributed by atoms with Gasteiger partial charge in [0.1, 0.15) is 5.82 Å². The van der Waals surface area contributed by atoms with Crippen LogP contribution in [0.2, 0.25) is 0 Å². The monoisotopic (exact) mass is 410 g/mol. The van der Waals surface area contributed by atoms with Crippen LogP contribution in [0.15, 0.2) is 40.9 Å². The number of benzene rings is 2. The van der Waals surface area contributed by atoms with Crippen molar-refractivity contribution in [3.63, 3.8) is 0 Å². The van der Waals surface area contributed by atoms with E-state index >= 15 is 0 Å². The van der Waals surface area contributed by atoms with Crippen LogP contribution in [0.5, 0.6) is 11.5 Å². The summed E-state index contributed by atoms with van der Waals surface area (Å²) in [7, 11) is 1.48. The summed E-state index contributed by atoms with van der Waals surface area (Å²) in [5, 5.41) is 0. The molecule has 0 unspecified atom stereocenters. The van der Waals surface area contributed by atoms with Crippen molar-refractivity contribution in [3.05, 3.63) is 57.8 Å². The normalized spacial score (nSPS) is 10.2. The second-order valence-corrected chi connectivity index (χ2v) is 5.79. The summed E-state index contributed by atoms with van der Waals surface area (Å²) >= 11 is 3.30. The SMILES string of the molecule is CCOc1cc(C(=O)OCC(=O)c2cccc(F)c2)cc(Br)c1OC. The van der Waals surface area contributed by atoms with E-state index in [0.717, 1.165) is 6.07 Å². The highest BCUT2D eigenvalue weighted by molar-refractivity contribution is 9.10. The highest BCUT2D eigenvalue weighted by Gasteiger charge is 2.17. The molecule has 2 rings (SSSR count). The van der Waals surface area contributed by atoms with Gasteiger partial charge in [-0.2, -0.15) is 0 Å². The van der Waals surface area contributed by atoms with Crippen LogP contribution in [0.25, 0.3) is 0 Å². The molecular formula is C18H16BrFO5. The van der Waals surface area contributed by atoms with E-state index in [-0.39, 0.29) is 11.1 Å². The molecule has 132 valence electrons. The molecule has 0 N–H and O–H groups in total. The Bertz CT molecular complexity index is 791. The first-order chi connectivity index (χ1) is 12.0. The van der Waals surface area contributed by atoms with Crippen LogP contribution in [0.3, 0.4) is 0 Å². The minimum Gasteiger partial charge on any atom is -0.492 e. The Hall–Kier alpha value is -2.41. The Labute approximate surface area is 152 Å². The van der Waals surface area contributed by atoms with E-state index in [9.17, 15) is 14.0 Å². The van der Waals surface area contributed by atoms with Gasteiger partial charge in [-0.05, 0) is 47.1 Å². The van der Waals surface area contributed by atoms with Crippen LogP contribution in [-0.4, -0.2) is 32.1 Å². The van der Waals surface area contributed by atoms with Crippen LogP contribution < -0.4 is 9.47 Å². The number of halogens is 2. The molecule has 0 bridgehead atoms. The summed E-state index contributed by atoms with van der Waals surface area (Å²) < 4.78 is 29.3. The highest BCUT2D eigenvalue weighted by Crippen LogP contribution is 2.36. The molecule has 0 atom stereocenters. The van der Waals surface area contributed by atoms with E-state index in [1.807, 2.05) is 0 Å². The zero-order chi connectivity index (χ0) is 18.4. The van der Waals surface area contributed by atoms with Crippen molar-refractivity contribution in [3.8, 4) is 11.5 Å². The summed E-state index contributed by atoms with van der Waals surface area (Å²) in [5.74, 6) is -0.894. The second kappa shape index (κ2) is 8.62. The van der Waals surface area contributed by atoms with Gasteiger partial charge in [-0.25, -0.2) is 9.18 Å². The maximum absolute atomic E-state index is 13.1. The lowest BCUT2D eigenvalue weighted by atomic mass is 10.1. The number of carbonyl (C=O) groups excluding carboxylic acids is 2. The Balaban J connectivity index is 2.11. The smallest absolute Gasteiger partial charge is 0.338 e. The van der Waals surface area contributed by atoms with Crippen molar-refractivity contribution in [2.45, 2.75) is 6.92 Å². The molecule has 0 heterocycles. The third-order valence-electron chi connectivity index (χ3n) is 3.23. The maximum atomic E-state index is 13.1. The van der Waals surface area contributed by atoms with Crippen LogP contribution in [-0.2, 0) is 4.74 Å². The van der Waals surface area contributed by atoms with Crippen LogP contribution in [0.1, 0.15) is 27.6 Å². The van der Waals surface area contributed by atoms with Gasteiger partial charge < -0.3 is 14.2 Å². The van der Waals surface area contributed by atoms with E-state index in [2.05, 4.69) is 15.9 Å². The largest absolute Gasteiger partial charge is 0.492 e. The van der Waals surface area contributed by atoms with Gasteiger partial charge in [0.15, 0.2) is 23.9 Å². The van der Waals surface area contributed by atoms with Gasteiger partial charge in [0.25, 0.3) is 0 Å². The zero-order valence-electron chi connectivity index (χ0n) is 13.7. The molecule has 0 aliphatic carbocycles. The number of ether oxygens (including phenoxy) is 3. The zero-order valence-corrected chi connectivity index (χ0v) is 15.3. The number of methoxy groups -OCH3 is 1. The summed E-state index contributed by atoms with van der Waals surface area (Å²) in [4.78, 5) is 24.2. The van der Waals surface area contributed by atoms with E-state index < -0.39 is 24.2 Å². The number of hydrogen-bond acceptors (Lipinski definition) is 5. The average molecular weight is 411 g/mol. The number of esters is 1. The average Bonchev–Trinajstić information content (AvgIpc) is 2.59. The molecule has 0 spiro atoms. The predicted molar refractivity (Wildman–Crippen MR) is 92.9 cm³/mol. The summed E-state index contributed by atoms with van der Waals surface area (Å²) in [6.45, 7) is 1.70. The lowest BCUT2D eigenvalue weighted by molar-refractivity contribution is 0.0474. The van der Waals surface area contributed by atoms with E-state index in [0.29, 0.717) is 22.6 Å². The van der Waals surface area contributed by atoms with Crippen molar-refractivity contribution in [1.82, 2.24) is 0 Å². The first-order valence-electron chi connectivity index (χ1n) is 7.42.